The Morgan fingerprint density at radius 1 is 1.17 bits per heavy atom. The molecule has 2 aliphatic heterocycles. The summed E-state index contributed by atoms with van der Waals surface area (Å²) >= 11 is 0. The number of fused-ring (bicyclic) bond motifs is 2. The molecule has 3 aromatic rings. The van der Waals surface area contributed by atoms with Gasteiger partial charge in [-0.05, 0) is 25.1 Å². The van der Waals surface area contributed by atoms with Crippen molar-refractivity contribution in [2.24, 2.45) is 4.36 Å². The third-order valence-corrected chi connectivity index (χ3v) is 6.42. The van der Waals surface area contributed by atoms with Gasteiger partial charge in [0, 0.05) is 34.4 Å². The molecule has 0 aliphatic carbocycles. The quantitative estimate of drug-likeness (QED) is 0.485. The van der Waals surface area contributed by atoms with Crippen LogP contribution in [0.1, 0.15) is 6.92 Å². The van der Waals surface area contributed by atoms with Gasteiger partial charge in [-0.2, -0.15) is 4.36 Å². The van der Waals surface area contributed by atoms with Crippen LogP contribution in [0.15, 0.2) is 41.0 Å². The van der Waals surface area contributed by atoms with Crippen LogP contribution in [0.5, 0.6) is 11.5 Å². The lowest BCUT2D eigenvalue weighted by atomic mass is 10.1. The fraction of sp³-hybridized carbons (Fsp3) is 0.417. The number of aliphatic hydroxyl groups is 1. The van der Waals surface area contributed by atoms with Crippen LogP contribution < -0.4 is 14.8 Å². The second-order valence-corrected chi connectivity index (χ2v) is 11.4. The van der Waals surface area contributed by atoms with E-state index in [9.17, 15) is 13.7 Å². The van der Waals surface area contributed by atoms with Gasteiger partial charge in [-0.1, -0.05) is 0 Å². The van der Waals surface area contributed by atoms with E-state index < -0.39 is 40.0 Å². The van der Waals surface area contributed by atoms with Crippen LogP contribution in [0.2, 0.25) is 0 Å². The third-order valence-electron chi connectivity index (χ3n) is 5.77. The van der Waals surface area contributed by atoms with E-state index in [1.54, 1.807) is 30.7 Å². The van der Waals surface area contributed by atoms with Crippen LogP contribution in [0.3, 0.4) is 0 Å². The highest BCUT2D eigenvalue weighted by atomic mass is 32.2. The second kappa shape index (κ2) is 9.77. The SMILES string of the molecule is CCOc1cc(N=S(C)(C)=O)cc2ncnc(Nc3ccc(F)cc3O[C@@H]3CO[C@H]4C3OC[C@H]4O)c12. The average Bonchev–Trinajstić information content (AvgIpc) is 3.37. The number of hydrogen-bond donors (Lipinski definition) is 2. The first-order valence-electron chi connectivity index (χ1n) is 11.4. The molecule has 12 heteroatoms. The molecule has 0 saturated carbocycles. The Kier molecular flexibility index (Phi) is 6.68. The van der Waals surface area contributed by atoms with Gasteiger partial charge in [-0.3, -0.25) is 0 Å². The van der Waals surface area contributed by atoms with Crippen LogP contribution in [0.4, 0.5) is 21.6 Å². The Bertz CT molecular complexity index is 1400. The van der Waals surface area contributed by atoms with Crippen LogP contribution in [0, 0.1) is 5.82 Å². The summed E-state index contributed by atoms with van der Waals surface area (Å²) in [6.07, 6.45) is 2.33. The van der Waals surface area contributed by atoms with Crippen molar-refractivity contribution < 1.29 is 32.7 Å². The number of nitrogens with one attached hydrogen (secondary N) is 1. The zero-order valence-electron chi connectivity index (χ0n) is 20.0. The van der Waals surface area contributed by atoms with Crippen molar-refractivity contribution in [3.05, 3.63) is 42.5 Å². The van der Waals surface area contributed by atoms with E-state index in [1.165, 1.54) is 18.5 Å². The summed E-state index contributed by atoms with van der Waals surface area (Å²) in [7, 11) is -2.39. The van der Waals surface area contributed by atoms with Gasteiger partial charge < -0.3 is 29.4 Å². The second-order valence-electron chi connectivity index (χ2n) is 8.85. The van der Waals surface area contributed by atoms with Gasteiger partial charge >= 0.3 is 0 Å². The first kappa shape index (κ1) is 24.6. The molecule has 10 nitrogen and oxygen atoms in total. The number of rotatable bonds is 7. The fourth-order valence-corrected chi connectivity index (χ4v) is 4.96. The van der Waals surface area contributed by atoms with Crippen molar-refractivity contribution in [2.75, 3.05) is 37.6 Å². The van der Waals surface area contributed by atoms with E-state index in [2.05, 4.69) is 19.6 Å². The van der Waals surface area contributed by atoms with Crippen LogP contribution in [-0.2, 0) is 19.2 Å². The summed E-state index contributed by atoms with van der Waals surface area (Å²) in [5.41, 5.74) is 1.47. The Labute approximate surface area is 207 Å². The predicted octanol–water partition coefficient (Wildman–Crippen LogP) is 3.18. The minimum Gasteiger partial charge on any atom is -0.493 e. The summed E-state index contributed by atoms with van der Waals surface area (Å²) in [5.74, 6) is 0.635. The molecule has 192 valence electrons. The molecule has 1 aromatic heterocycles. The lowest BCUT2D eigenvalue weighted by molar-refractivity contribution is 0.00871. The van der Waals surface area contributed by atoms with Crippen molar-refractivity contribution in [3.8, 4) is 11.5 Å². The van der Waals surface area contributed by atoms with Gasteiger partial charge in [0.2, 0.25) is 0 Å². The molecule has 2 fully saturated rings. The molecule has 0 spiro atoms. The topological polar surface area (TPSA) is 124 Å². The normalized spacial score (nSPS) is 23.5. The monoisotopic (exact) mass is 518 g/mol. The highest BCUT2D eigenvalue weighted by molar-refractivity contribution is 7.92. The van der Waals surface area contributed by atoms with E-state index in [1.807, 2.05) is 6.92 Å². The number of halogens is 1. The Hall–Kier alpha value is -3.06. The van der Waals surface area contributed by atoms with Gasteiger partial charge in [0.1, 0.15) is 47.8 Å². The molecular weight excluding hydrogens is 491 g/mol. The maximum absolute atomic E-state index is 14.2. The minimum atomic E-state index is -2.39. The summed E-state index contributed by atoms with van der Waals surface area (Å²) in [6.45, 7) is 2.59. The van der Waals surface area contributed by atoms with Crippen molar-refractivity contribution in [2.45, 2.75) is 31.3 Å². The number of nitrogens with zero attached hydrogens (tertiary/aromatic N) is 3. The smallest absolute Gasteiger partial charge is 0.151 e. The van der Waals surface area contributed by atoms with E-state index in [-0.39, 0.29) is 19.0 Å². The standard InChI is InChI=1S/C24H27FN4O6S/c1-4-32-19-9-14(29-36(2,3)31)8-16-21(19)24(27-12-26-16)28-15-6-5-13(25)7-18(15)35-20-11-34-22-17(30)10-33-23(20)22/h5-9,12,17,20,22-23,30H,4,10-11H2,1-3H3,(H,26,27,28)/t17-,20-,22-,23?/m1/s1. The number of benzene rings is 2. The highest BCUT2D eigenvalue weighted by Gasteiger charge is 2.48. The van der Waals surface area contributed by atoms with Gasteiger partial charge in [0.25, 0.3) is 0 Å². The molecule has 5 rings (SSSR count). The van der Waals surface area contributed by atoms with Crippen LogP contribution in [-0.4, -0.2) is 76.0 Å². The first-order valence-corrected chi connectivity index (χ1v) is 13.8. The number of aliphatic hydroxyl groups excluding tert-OH is 1. The molecule has 4 atom stereocenters. The summed E-state index contributed by atoms with van der Waals surface area (Å²) in [6, 6.07) is 7.52. The molecule has 36 heavy (non-hydrogen) atoms. The maximum atomic E-state index is 14.2. The zero-order valence-corrected chi connectivity index (χ0v) is 20.8. The molecule has 2 aliphatic rings. The maximum Gasteiger partial charge on any atom is 0.151 e. The number of aromatic nitrogens is 2. The molecule has 2 aromatic carbocycles. The largest absolute Gasteiger partial charge is 0.493 e. The van der Waals surface area contributed by atoms with Crippen molar-refractivity contribution in [1.29, 1.82) is 0 Å². The van der Waals surface area contributed by atoms with Crippen molar-refractivity contribution >= 4 is 37.8 Å². The van der Waals surface area contributed by atoms with E-state index in [4.69, 9.17) is 18.9 Å². The summed E-state index contributed by atoms with van der Waals surface area (Å²) in [5, 5.41) is 13.8. The van der Waals surface area contributed by atoms with Crippen molar-refractivity contribution in [1.82, 2.24) is 9.97 Å². The predicted molar refractivity (Wildman–Crippen MR) is 132 cm³/mol. The minimum absolute atomic E-state index is 0.163. The molecule has 0 amide bonds. The van der Waals surface area contributed by atoms with E-state index in [0.29, 0.717) is 40.5 Å². The average molecular weight is 519 g/mol. The molecule has 0 bridgehead atoms. The highest BCUT2D eigenvalue weighted by Crippen LogP contribution is 2.39. The molecule has 2 saturated heterocycles. The van der Waals surface area contributed by atoms with Gasteiger partial charge in [-0.15, -0.1) is 0 Å². The summed E-state index contributed by atoms with van der Waals surface area (Å²) < 4.78 is 53.9. The number of hydrogen-bond acceptors (Lipinski definition) is 10. The van der Waals surface area contributed by atoms with Gasteiger partial charge in [-0.25, -0.2) is 18.6 Å². The van der Waals surface area contributed by atoms with Crippen LogP contribution in [0.25, 0.3) is 10.9 Å². The molecule has 0 radical (unpaired) electrons. The first-order chi connectivity index (χ1) is 17.2. The fourth-order valence-electron chi connectivity index (χ4n) is 4.34. The van der Waals surface area contributed by atoms with Crippen molar-refractivity contribution in [3.63, 3.8) is 0 Å². The number of ether oxygens (including phenoxy) is 4. The Morgan fingerprint density at radius 2 is 1.97 bits per heavy atom. The van der Waals surface area contributed by atoms with E-state index in [0.717, 1.165) is 0 Å². The molecule has 3 heterocycles. The third kappa shape index (κ3) is 5.07. The molecule has 1 unspecified atom stereocenters. The van der Waals surface area contributed by atoms with Crippen LogP contribution >= 0.6 is 0 Å². The lowest BCUT2D eigenvalue weighted by Crippen LogP contribution is -2.34. The van der Waals surface area contributed by atoms with E-state index >= 15 is 0 Å². The molecule has 2 N–H and O–H groups in total. The Morgan fingerprint density at radius 3 is 2.75 bits per heavy atom. The van der Waals surface area contributed by atoms with Gasteiger partial charge in [0.15, 0.2) is 6.10 Å². The lowest BCUT2D eigenvalue weighted by Gasteiger charge is -2.21. The molecular formula is C24H27FN4O6S. The number of anilines is 2. The van der Waals surface area contributed by atoms with Gasteiger partial charge in [0.05, 0.1) is 42.1 Å². The Balaban J connectivity index is 1.51. The summed E-state index contributed by atoms with van der Waals surface area (Å²) in [4.78, 5) is 8.73. The zero-order chi connectivity index (χ0) is 25.4.